The lowest BCUT2D eigenvalue weighted by molar-refractivity contribution is 0.289. The molecule has 1 saturated carbocycles. The van der Waals surface area contributed by atoms with Gasteiger partial charge in [-0.25, -0.2) is 4.98 Å². The highest BCUT2D eigenvalue weighted by Crippen LogP contribution is 2.43. The maximum Gasteiger partial charge on any atom is 0.252 e. The number of rotatable bonds is 2. The Bertz CT molecular complexity index is 471. The monoisotopic (exact) mass is 220 g/mol. The summed E-state index contributed by atoms with van der Waals surface area (Å²) in [6.07, 6.45) is 2.51. The second-order valence-electron chi connectivity index (χ2n) is 5.05. The SMILES string of the molecule is Cc1nc(N2CC(N)(C3CC3)C2)cc(=O)[nH]1. The van der Waals surface area contributed by atoms with Gasteiger partial charge in [-0.2, -0.15) is 0 Å². The van der Waals surface area contributed by atoms with Gasteiger partial charge in [-0.3, -0.25) is 4.79 Å². The van der Waals surface area contributed by atoms with Crippen molar-refractivity contribution in [2.24, 2.45) is 11.7 Å². The zero-order chi connectivity index (χ0) is 11.3. The fraction of sp³-hybridized carbons (Fsp3) is 0.636. The molecule has 0 aromatic carbocycles. The van der Waals surface area contributed by atoms with Crippen LogP contribution in [0.3, 0.4) is 0 Å². The minimum absolute atomic E-state index is 0.0296. The smallest absolute Gasteiger partial charge is 0.252 e. The van der Waals surface area contributed by atoms with Crippen LogP contribution in [0, 0.1) is 12.8 Å². The van der Waals surface area contributed by atoms with E-state index in [1.54, 1.807) is 13.0 Å². The van der Waals surface area contributed by atoms with Crippen LogP contribution in [0.4, 0.5) is 5.82 Å². The number of H-pyrrole nitrogens is 1. The van der Waals surface area contributed by atoms with E-state index in [1.807, 2.05) is 0 Å². The number of aryl methyl sites for hydroxylation is 1. The minimum atomic E-state index is -0.0940. The lowest BCUT2D eigenvalue weighted by Gasteiger charge is -2.48. The van der Waals surface area contributed by atoms with Gasteiger partial charge in [0.05, 0.1) is 5.54 Å². The van der Waals surface area contributed by atoms with Gasteiger partial charge >= 0.3 is 0 Å². The van der Waals surface area contributed by atoms with Crippen LogP contribution in [0.15, 0.2) is 10.9 Å². The van der Waals surface area contributed by atoms with E-state index in [0.717, 1.165) is 18.9 Å². The van der Waals surface area contributed by atoms with Crippen molar-refractivity contribution in [3.8, 4) is 0 Å². The molecule has 5 heteroatoms. The second-order valence-corrected chi connectivity index (χ2v) is 5.05. The van der Waals surface area contributed by atoms with Gasteiger partial charge in [0.1, 0.15) is 11.6 Å². The molecule has 3 rings (SSSR count). The molecule has 0 unspecified atom stereocenters. The van der Waals surface area contributed by atoms with Crippen molar-refractivity contribution >= 4 is 5.82 Å². The molecule has 1 aliphatic carbocycles. The highest BCUT2D eigenvalue weighted by Gasteiger charge is 2.50. The highest BCUT2D eigenvalue weighted by atomic mass is 16.1. The van der Waals surface area contributed by atoms with E-state index in [-0.39, 0.29) is 11.1 Å². The zero-order valence-corrected chi connectivity index (χ0v) is 9.36. The molecule has 16 heavy (non-hydrogen) atoms. The molecule has 5 nitrogen and oxygen atoms in total. The Balaban J connectivity index is 1.78. The number of nitrogens with zero attached hydrogens (tertiary/aromatic N) is 2. The average molecular weight is 220 g/mol. The van der Waals surface area contributed by atoms with Gasteiger partial charge in [0.2, 0.25) is 0 Å². The Kier molecular flexibility index (Phi) is 1.89. The zero-order valence-electron chi connectivity index (χ0n) is 9.36. The van der Waals surface area contributed by atoms with Gasteiger partial charge in [0.25, 0.3) is 5.56 Å². The van der Waals surface area contributed by atoms with E-state index in [2.05, 4.69) is 14.9 Å². The number of hydrogen-bond donors (Lipinski definition) is 2. The third-order valence-electron chi connectivity index (χ3n) is 3.53. The maximum atomic E-state index is 11.3. The summed E-state index contributed by atoms with van der Waals surface area (Å²) in [6.45, 7) is 3.45. The van der Waals surface area contributed by atoms with E-state index in [4.69, 9.17) is 5.73 Å². The first-order valence-corrected chi connectivity index (χ1v) is 5.69. The van der Waals surface area contributed by atoms with Crippen molar-refractivity contribution in [3.63, 3.8) is 0 Å². The van der Waals surface area contributed by atoms with Gasteiger partial charge in [-0.1, -0.05) is 0 Å². The summed E-state index contributed by atoms with van der Waals surface area (Å²) < 4.78 is 0. The first-order chi connectivity index (χ1) is 7.57. The molecule has 1 aromatic heterocycles. The number of nitrogens with one attached hydrogen (secondary N) is 1. The predicted molar refractivity (Wildman–Crippen MR) is 61.5 cm³/mol. The van der Waals surface area contributed by atoms with Crippen LogP contribution in [0.25, 0.3) is 0 Å². The summed E-state index contributed by atoms with van der Waals surface area (Å²) in [4.78, 5) is 20.4. The number of aromatic nitrogens is 2. The molecule has 0 radical (unpaired) electrons. The molecule has 0 bridgehead atoms. The Hall–Kier alpha value is -1.36. The molecule has 1 saturated heterocycles. The summed E-state index contributed by atoms with van der Waals surface area (Å²) >= 11 is 0. The Morgan fingerprint density at radius 1 is 1.56 bits per heavy atom. The molecule has 86 valence electrons. The molecule has 1 aromatic rings. The lowest BCUT2D eigenvalue weighted by atomic mass is 9.86. The molecule has 2 heterocycles. The van der Waals surface area contributed by atoms with Gasteiger partial charge in [-0.05, 0) is 25.7 Å². The number of aromatic amines is 1. The van der Waals surface area contributed by atoms with Crippen molar-refractivity contribution in [3.05, 3.63) is 22.2 Å². The Morgan fingerprint density at radius 3 is 2.81 bits per heavy atom. The lowest BCUT2D eigenvalue weighted by Crippen LogP contribution is -2.69. The minimum Gasteiger partial charge on any atom is -0.353 e. The van der Waals surface area contributed by atoms with E-state index in [9.17, 15) is 4.79 Å². The predicted octanol–water partition coefficient (Wildman–Crippen LogP) is 0.00582. The molecule has 2 aliphatic rings. The van der Waals surface area contributed by atoms with E-state index >= 15 is 0 Å². The first-order valence-electron chi connectivity index (χ1n) is 5.69. The summed E-state index contributed by atoms with van der Waals surface area (Å²) in [6, 6.07) is 1.54. The van der Waals surface area contributed by atoms with Crippen LogP contribution < -0.4 is 16.2 Å². The average Bonchev–Trinajstić information content (AvgIpc) is 2.94. The topological polar surface area (TPSA) is 75.0 Å². The van der Waals surface area contributed by atoms with Crippen molar-refractivity contribution in [2.75, 3.05) is 18.0 Å². The standard InChI is InChI=1S/C11H16N4O/c1-7-13-9(4-10(16)14-7)15-5-11(12,6-15)8-2-3-8/h4,8H,2-3,5-6,12H2,1H3,(H,13,14,16). The molecule has 1 aliphatic heterocycles. The second kappa shape index (κ2) is 3.07. The normalized spacial score (nSPS) is 23.0. The number of hydrogen-bond acceptors (Lipinski definition) is 4. The number of nitrogens with two attached hydrogens (primary N) is 1. The largest absolute Gasteiger partial charge is 0.353 e. The molecular weight excluding hydrogens is 204 g/mol. The van der Waals surface area contributed by atoms with Crippen LogP contribution in [-0.4, -0.2) is 28.6 Å². The Labute approximate surface area is 93.7 Å². The van der Waals surface area contributed by atoms with Crippen molar-refractivity contribution in [2.45, 2.75) is 25.3 Å². The fourth-order valence-electron chi connectivity index (χ4n) is 2.47. The molecule has 0 amide bonds. The molecule has 3 N–H and O–H groups in total. The Morgan fingerprint density at radius 2 is 2.25 bits per heavy atom. The van der Waals surface area contributed by atoms with Gasteiger partial charge in [0, 0.05) is 19.2 Å². The summed E-state index contributed by atoms with van der Waals surface area (Å²) in [5.74, 6) is 2.10. The highest BCUT2D eigenvalue weighted by molar-refractivity contribution is 5.44. The fourth-order valence-corrected chi connectivity index (χ4v) is 2.47. The van der Waals surface area contributed by atoms with Gasteiger partial charge in [-0.15, -0.1) is 0 Å². The van der Waals surface area contributed by atoms with E-state index < -0.39 is 0 Å². The third kappa shape index (κ3) is 1.51. The quantitative estimate of drug-likeness (QED) is 0.736. The molecule has 0 spiro atoms. The van der Waals surface area contributed by atoms with Gasteiger partial charge in [0.15, 0.2) is 0 Å². The van der Waals surface area contributed by atoms with Crippen LogP contribution in [-0.2, 0) is 0 Å². The van der Waals surface area contributed by atoms with Crippen LogP contribution >= 0.6 is 0 Å². The van der Waals surface area contributed by atoms with Crippen LogP contribution in [0.2, 0.25) is 0 Å². The summed E-state index contributed by atoms with van der Waals surface area (Å²) in [5.41, 5.74) is 6.13. The maximum absolute atomic E-state index is 11.3. The first kappa shape index (κ1) is 9.84. The van der Waals surface area contributed by atoms with E-state index in [1.165, 1.54) is 12.8 Å². The number of anilines is 1. The summed E-state index contributed by atoms with van der Waals surface area (Å²) in [7, 11) is 0. The third-order valence-corrected chi connectivity index (χ3v) is 3.53. The molecule has 0 atom stereocenters. The van der Waals surface area contributed by atoms with Gasteiger partial charge < -0.3 is 15.6 Å². The summed E-state index contributed by atoms with van der Waals surface area (Å²) in [5, 5.41) is 0. The molecule has 2 fully saturated rings. The van der Waals surface area contributed by atoms with Crippen molar-refractivity contribution in [1.82, 2.24) is 9.97 Å². The van der Waals surface area contributed by atoms with Crippen molar-refractivity contribution < 1.29 is 0 Å². The van der Waals surface area contributed by atoms with Crippen LogP contribution in [0.1, 0.15) is 18.7 Å². The van der Waals surface area contributed by atoms with Crippen LogP contribution in [0.5, 0.6) is 0 Å². The van der Waals surface area contributed by atoms with Crippen molar-refractivity contribution in [1.29, 1.82) is 0 Å². The van der Waals surface area contributed by atoms with E-state index in [0.29, 0.717) is 11.7 Å². The molecular formula is C11H16N4O.